The molecule has 1 aromatic rings. The number of piperidine rings is 3. The normalized spacial score (nSPS) is 29.2. The van der Waals surface area contributed by atoms with Crippen molar-refractivity contribution < 1.29 is 4.92 Å². The number of fused-ring (bicyclic) bond motifs is 3. The van der Waals surface area contributed by atoms with E-state index in [0.717, 1.165) is 32.5 Å². The molecule has 4 rings (SSSR count). The Bertz CT molecular complexity index is 501. The summed E-state index contributed by atoms with van der Waals surface area (Å²) >= 11 is 6.11. The van der Waals surface area contributed by atoms with Crippen molar-refractivity contribution in [1.82, 2.24) is 4.90 Å². The molecule has 5 nitrogen and oxygen atoms in total. The summed E-state index contributed by atoms with van der Waals surface area (Å²) in [4.78, 5) is 13.1. The third-order valence-corrected chi connectivity index (χ3v) is 4.49. The molecule has 2 bridgehead atoms. The van der Waals surface area contributed by atoms with Crippen molar-refractivity contribution in [3.63, 3.8) is 0 Å². The van der Waals surface area contributed by atoms with Crippen LogP contribution < -0.4 is 5.32 Å². The van der Waals surface area contributed by atoms with E-state index in [9.17, 15) is 10.1 Å². The van der Waals surface area contributed by atoms with Gasteiger partial charge in [0.2, 0.25) is 0 Å². The van der Waals surface area contributed by atoms with Crippen LogP contribution in [0.4, 0.5) is 11.4 Å². The fourth-order valence-corrected chi connectivity index (χ4v) is 3.35. The van der Waals surface area contributed by atoms with Crippen molar-refractivity contribution >= 4 is 23.0 Å². The van der Waals surface area contributed by atoms with Gasteiger partial charge < -0.3 is 10.2 Å². The maximum Gasteiger partial charge on any atom is 0.293 e. The van der Waals surface area contributed by atoms with Gasteiger partial charge in [0, 0.05) is 18.7 Å². The molecule has 0 aromatic heterocycles. The largest absolute Gasteiger partial charge is 0.374 e. The van der Waals surface area contributed by atoms with Gasteiger partial charge in [-0.3, -0.25) is 10.1 Å². The van der Waals surface area contributed by atoms with E-state index in [2.05, 4.69) is 10.2 Å². The highest BCUT2D eigenvalue weighted by Crippen LogP contribution is 2.36. The lowest BCUT2D eigenvalue weighted by Crippen LogP contribution is -2.53. The number of nitro groups is 1. The first-order valence-corrected chi connectivity index (χ1v) is 6.95. The van der Waals surface area contributed by atoms with Crippen molar-refractivity contribution in [3.05, 3.63) is 33.3 Å². The monoisotopic (exact) mass is 281 g/mol. The van der Waals surface area contributed by atoms with Gasteiger partial charge >= 0.3 is 0 Å². The Morgan fingerprint density at radius 2 is 2.11 bits per heavy atom. The topological polar surface area (TPSA) is 58.4 Å². The van der Waals surface area contributed by atoms with Crippen LogP contribution in [0, 0.1) is 16.0 Å². The number of hydrogen-bond donors (Lipinski definition) is 1. The zero-order chi connectivity index (χ0) is 13.4. The number of nitro benzene ring substituents is 1. The van der Waals surface area contributed by atoms with Crippen LogP contribution in [0.3, 0.4) is 0 Å². The predicted molar refractivity (Wildman–Crippen MR) is 74.7 cm³/mol. The molecular weight excluding hydrogens is 266 g/mol. The summed E-state index contributed by atoms with van der Waals surface area (Å²) in [6.07, 6.45) is 2.33. The Morgan fingerprint density at radius 1 is 1.37 bits per heavy atom. The lowest BCUT2D eigenvalue weighted by Gasteiger charge is -2.45. The first kappa shape index (κ1) is 12.7. The van der Waals surface area contributed by atoms with Gasteiger partial charge in [-0.2, -0.15) is 0 Å². The average molecular weight is 282 g/mol. The molecule has 1 N–H and O–H groups in total. The Labute approximate surface area is 116 Å². The molecule has 0 saturated carbocycles. The first-order chi connectivity index (χ1) is 9.15. The van der Waals surface area contributed by atoms with Crippen molar-refractivity contribution in [2.45, 2.75) is 18.9 Å². The van der Waals surface area contributed by atoms with E-state index in [1.165, 1.54) is 6.07 Å². The summed E-state index contributed by atoms with van der Waals surface area (Å²) in [5.41, 5.74) is 0.525. The molecule has 3 fully saturated rings. The summed E-state index contributed by atoms with van der Waals surface area (Å²) in [5.74, 6) is 0.598. The number of para-hydroxylation sites is 1. The van der Waals surface area contributed by atoms with Crippen LogP contribution in [-0.4, -0.2) is 35.5 Å². The van der Waals surface area contributed by atoms with Gasteiger partial charge in [0.1, 0.15) is 5.69 Å². The van der Waals surface area contributed by atoms with Crippen molar-refractivity contribution in [2.75, 3.05) is 25.0 Å². The number of nitrogens with zero attached hydrogens (tertiary/aromatic N) is 2. The quantitative estimate of drug-likeness (QED) is 0.684. The van der Waals surface area contributed by atoms with Crippen LogP contribution in [0.1, 0.15) is 12.8 Å². The molecular formula is C13H16ClN3O2. The highest BCUT2D eigenvalue weighted by Gasteiger charge is 2.35. The summed E-state index contributed by atoms with van der Waals surface area (Å²) in [7, 11) is 0. The number of nitrogens with one attached hydrogen (secondary N) is 1. The Balaban J connectivity index is 1.85. The van der Waals surface area contributed by atoms with Gasteiger partial charge in [0.25, 0.3) is 5.69 Å². The van der Waals surface area contributed by atoms with E-state index in [-0.39, 0.29) is 16.7 Å². The van der Waals surface area contributed by atoms with Crippen molar-refractivity contribution in [3.8, 4) is 0 Å². The van der Waals surface area contributed by atoms with Crippen molar-refractivity contribution in [2.24, 2.45) is 5.92 Å². The molecule has 1 aromatic carbocycles. The molecule has 1 unspecified atom stereocenters. The van der Waals surface area contributed by atoms with E-state index in [1.807, 2.05) is 0 Å². The van der Waals surface area contributed by atoms with Crippen LogP contribution in [-0.2, 0) is 0 Å². The minimum Gasteiger partial charge on any atom is -0.374 e. The number of halogens is 1. The minimum absolute atomic E-state index is 0.0592. The molecule has 0 radical (unpaired) electrons. The fraction of sp³-hybridized carbons (Fsp3) is 0.538. The summed E-state index contributed by atoms with van der Waals surface area (Å²) in [6.45, 7) is 3.24. The van der Waals surface area contributed by atoms with E-state index < -0.39 is 0 Å². The maximum atomic E-state index is 11.1. The van der Waals surface area contributed by atoms with Crippen molar-refractivity contribution in [1.29, 1.82) is 0 Å². The lowest BCUT2D eigenvalue weighted by molar-refractivity contribution is -0.384. The summed E-state index contributed by atoms with van der Waals surface area (Å²) < 4.78 is 0. The van der Waals surface area contributed by atoms with E-state index in [1.54, 1.807) is 12.1 Å². The van der Waals surface area contributed by atoms with Gasteiger partial charge in [0.05, 0.1) is 9.95 Å². The highest BCUT2D eigenvalue weighted by molar-refractivity contribution is 6.33. The van der Waals surface area contributed by atoms with Crippen LogP contribution in [0.5, 0.6) is 0 Å². The summed E-state index contributed by atoms with van der Waals surface area (Å²) in [5, 5.41) is 14.8. The third kappa shape index (κ3) is 2.40. The molecule has 1 atom stereocenters. The molecule has 6 heteroatoms. The minimum atomic E-state index is -0.379. The SMILES string of the molecule is O=[N+]([O-])c1cccc(Cl)c1NC1CN2CCC1CC2. The molecule has 0 aliphatic carbocycles. The van der Waals surface area contributed by atoms with Gasteiger partial charge in [-0.25, -0.2) is 0 Å². The Kier molecular flexibility index (Phi) is 3.33. The Hall–Kier alpha value is -1.33. The molecule has 3 aliphatic heterocycles. The zero-order valence-electron chi connectivity index (χ0n) is 10.5. The first-order valence-electron chi connectivity index (χ1n) is 6.57. The van der Waals surface area contributed by atoms with Gasteiger partial charge in [-0.15, -0.1) is 0 Å². The van der Waals surface area contributed by atoms with E-state index >= 15 is 0 Å². The van der Waals surface area contributed by atoms with Crippen LogP contribution in [0.2, 0.25) is 5.02 Å². The highest BCUT2D eigenvalue weighted by atomic mass is 35.5. The van der Waals surface area contributed by atoms with Gasteiger partial charge in [0.15, 0.2) is 0 Å². The fourth-order valence-electron chi connectivity index (χ4n) is 3.12. The number of rotatable bonds is 3. The molecule has 3 heterocycles. The number of hydrogen-bond acceptors (Lipinski definition) is 4. The molecule has 102 valence electrons. The standard InChI is InChI=1S/C13H16ClN3O2/c14-10-2-1-3-12(17(18)19)13(10)15-11-8-16-6-4-9(11)5-7-16/h1-3,9,11,15H,4-8H2. The van der Waals surface area contributed by atoms with Gasteiger partial charge in [-0.1, -0.05) is 17.7 Å². The second kappa shape index (κ2) is 4.98. The van der Waals surface area contributed by atoms with E-state index in [0.29, 0.717) is 16.6 Å². The lowest BCUT2D eigenvalue weighted by atomic mass is 9.84. The average Bonchev–Trinajstić information content (AvgIpc) is 2.42. The molecule has 0 spiro atoms. The maximum absolute atomic E-state index is 11.1. The molecule has 3 saturated heterocycles. The number of benzene rings is 1. The second-order valence-electron chi connectivity index (χ2n) is 5.28. The molecule has 0 amide bonds. The third-order valence-electron chi connectivity index (χ3n) is 4.17. The van der Waals surface area contributed by atoms with Crippen LogP contribution in [0.25, 0.3) is 0 Å². The number of anilines is 1. The van der Waals surface area contributed by atoms with Crippen LogP contribution in [0.15, 0.2) is 18.2 Å². The second-order valence-corrected chi connectivity index (χ2v) is 5.69. The predicted octanol–water partition coefficient (Wildman–Crippen LogP) is 2.75. The van der Waals surface area contributed by atoms with Gasteiger partial charge in [-0.05, 0) is 37.9 Å². The smallest absolute Gasteiger partial charge is 0.293 e. The molecule has 3 aliphatic rings. The van der Waals surface area contributed by atoms with Crippen LogP contribution >= 0.6 is 11.6 Å². The van der Waals surface area contributed by atoms with E-state index in [4.69, 9.17) is 11.6 Å². The summed E-state index contributed by atoms with van der Waals surface area (Å²) in [6, 6.07) is 5.07. The zero-order valence-corrected chi connectivity index (χ0v) is 11.3. The Morgan fingerprint density at radius 3 is 2.68 bits per heavy atom. The molecule has 19 heavy (non-hydrogen) atoms.